The normalized spacial score (nSPS) is 13.9. The Morgan fingerprint density at radius 3 is 2.38 bits per heavy atom. The largest absolute Gasteiger partial charge is 0.323 e. The minimum atomic E-state index is -1.06. The highest BCUT2D eigenvalue weighted by atomic mass is 32.2. The van der Waals surface area contributed by atoms with Gasteiger partial charge in [0.15, 0.2) is 0 Å². The van der Waals surface area contributed by atoms with E-state index in [-0.39, 0.29) is 6.04 Å². The lowest BCUT2D eigenvalue weighted by Gasteiger charge is -2.13. The van der Waals surface area contributed by atoms with E-state index in [9.17, 15) is 4.21 Å². The summed E-state index contributed by atoms with van der Waals surface area (Å²) >= 11 is 0. The van der Waals surface area contributed by atoms with Gasteiger partial charge < -0.3 is 5.73 Å². The number of nitrogens with two attached hydrogens (primary N) is 1. The van der Waals surface area contributed by atoms with Gasteiger partial charge in [0, 0.05) is 16.7 Å². The fourth-order valence-corrected chi connectivity index (χ4v) is 3.74. The second kappa shape index (κ2) is 7.53. The minimum Gasteiger partial charge on any atom is -0.323 e. The lowest BCUT2D eigenvalue weighted by molar-refractivity contribution is 0.674. The van der Waals surface area contributed by atoms with Crippen LogP contribution in [0.4, 0.5) is 0 Å². The van der Waals surface area contributed by atoms with Crippen molar-refractivity contribution in [2.45, 2.75) is 37.6 Å². The highest BCUT2D eigenvalue weighted by Gasteiger charge is 2.13. The zero-order chi connectivity index (χ0) is 15.2. The zero-order valence-corrected chi connectivity index (χ0v) is 13.5. The van der Waals surface area contributed by atoms with E-state index in [1.807, 2.05) is 31.2 Å². The second-order valence-corrected chi connectivity index (χ2v) is 6.84. The van der Waals surface area contributed by atoms with E-state index in [0.29, 0.717) is 5.75 Å². The maximum atomic E-state index is 12.4. The van der Waals surface area contributed by atoms with Gasteiger partial charge in [0.05, 0.1) is 10.8 Å². The Balaban J connectivity index is 2.05. The molecule has 2 unspecified atom stereocenters. The lowest BCUT2D eigenvalue weighted by atomic mass is 10.0. The molecule has 0 heterocycles. The first-order chi connectivity index (χ1) is 10.1. The molecule has 2 aromatic rings. The maximum absolute atomic E-state index is 12.4. The summed E-state index contributed by atoms with van der Waals surface area (Å²) in [7, 11) is -1.06. The maximum Gasteiger partial charge on any atom is 0.0551 e. The van der Waals surface area contributed by atoms with Crippen LogP contribution in [0.15, 0.2) is 53.4 Å². The Labute approximate surface area is 129 Å². The average molecular weight is 301 g/mol. The molecule has 3 heteroatoms. The fourth-order valence-electron chi connectivity index (χ4n) is 2.38. The number of rotatable bonds is 6. The molecule has 2 atom stereocenters. The highest BCUT2D eigenvalue weighted by Crippen LogP contribution is 2.18. The van der Waals surface area contributed by atoms with Crippen molar-refractivity contribution >= 4 is 10.8 Å². The standard InChI is InChI=1S/C18H23NOS/c1-3-6-15-9-11-16(12-10-15)17(19)13-21(20)18-8-5-4-7-14(18)2/h4-5,7-12,17H,3,6,13,19H2,1-2H3. The van der Waals surface area contributed by atoms with Crippen molar-refractivity contribution in [3.8, 4) is 0 Å². The van der Waals surface area contributed by atoms with Gasteiger partial charge in [-0.1, -0.05) is 55.8 Å². The van der Waals surface area contributed by atoms with E-state index < -0.39 is 10.8 Å². The van der Waals surface area contributed by atoms with Crippen molar-refractivity contribution in [2.24, 2.45) is 5.73 Å². The first-order valence-electron chi connectivity index (χ1n) is 7.40. The molecule has 0 aliphatic carbocycles. The Kier molecular flexibility index (Phi) is 5.71. The monoisotopic (exact) mass is 301 g/mol. The Hall–Kier alpha value is -1.45. The van der Waals surface area contributed by atoms with Gasteiger partial charge >= 0.3 is 0 Å². The van der Waals surface area contributed by atoms with Crippen LogP contribution in [0.5, 0.6) is 0 Å². The number of hydrogen-bond acceptors (Lipinski definition) is 2. The Bertz CT molecular complexity index is 607. The minimum absolute atomic E-state index is 0.193. The molecule has 0 aliphatic heterocycles. The van der Waals surface area contributed by atoms with Crippen molar-refractivity contribution in [2.75, 3.05) is 5.75 Å². The summed E-state index contributed by atoms with van der Waals surface area (Å²) < 4.78 is 12.4. The average Bonchev–Trinajstić information content (AvgIpc) is 2.48. The molecular formula is C18H23NOS. The number of hydrogen-bond donors (Lipinski definition) is 1. The van der Waals surface area contributed by atoms with Crippen LogP contribution in [-0.4, -0.2) is 9.96 Å². The van der Waals surface area contributed by atoms with Gasteiger partial charge in [-0.05, 0) is 36.1 Å². The predicted molar refractivity (Wildman–Crippen MR) is 89.8 cm³/mol. The molecule has 0 saturated heterocycles. The van der Waals surface area contributed by atoms with Crippen LogP contribution in [0, 0.1) is 6.92 Å². The quantitative estimate of drug-likeness (QED) is 0.883. The van der Waals surface area contributed by atoms with Crippen LogP contribution < -0.4 is 5.73 Å². The molecule has 0 amide bonds. The highest BCUT2D eigenvalue weighted by molar-refractivity contribution is 7.85. The molecule has 2 aromatic carbocycles. The molecule has 0 spiro atoms. The SMILES string of the molecule is CCCc1ccc(C(N)CS(=O)c2ccccc2C)cc1. The van der Waals surface area contributed by atoms with Crippen LogP contribution in [0.3, 0.4) is 0 Å². The molecule has 112 valence electrons. The van der Waals surface area contributed by atoms with E-state index in [1.54, 1.807) is 0 Å². The summed E-state index contributed by atoms with van der Waals surface area (Å²) in [5, 5.41) is 0. The zero-order valence-electron chi connectivity index (χ0n) is 12.7. The molecule has 2 nitrogen and oxygen atoms in total. The van der Waals surface area contributed by atoms with Crippen molar-refractivity contribution in [3.05, 3.63) is 65.2 Å². The van der Waals surface area contributed by atoms with E-state index >= 15 is 0 Å². The molecule has 2 rings (SSSR count). The molecule has 0 saturated carbocycles. The van der Waals surface area contributed by atoms with Gasteiger partial charge in [0.2, 0.25) is 0 Å². The van der Waals surface area contributed by atoms with Crippen LogP contribution in [0.1, 0.15) is 36.1 Å². The van der Waals surface area contributed by atoms with E-state index in [2.05, 4.69) is 31.2 Å². The van der Waals surface area contributed by atoms with Crippen LogP contribution >= 0.6 is 0 Å². The Morgan fingerprint density at radius 1 is 1.10 bits per heavy atom. The fraction of sp³-hybridized carbons (Fsp3) is 0.333. The number of aryl methyl sites for hydroxylation is 2. The summed E-state index contributed by atoms with van der Waals surface area (Å²) in [4.78, 5) is 0.885. The van der Waals surface area contributed by atoms with Crippen molar-refractivity contribution < 1.29 is 4.21 Å². The third-order valence-corrected chi connectivity index (χ3v) is 5.23. The molecule has 0 fully saturated rings. The summed E-state index contributed by atoms with van der Waals surface area (Å²) in [6.07, 6.45) is 2.23. The van der Waals surface area contributed by atoms with Crippen molar-refractivity contribution in [1.82, 2.24) is 0 Å². The van der Waals surface area contributed by atoms with Gasteiger partial charge in [-0.2, -0.15) is 0 Å². The third-order valence-electron chi connectivity index (χ3n) is 3.62. The van der Waals surface area contributed by atoms with Crippen molar-refractivity contribution in [1.29, 1.82) is 0 Å². The predicted octanol–water partition coefficient (Wildman–Crippen LogP) is 3.76. The summed E-state index contributed by atoms with van der Waals surface area (Å²) in [6, 6.07) is 16.0. The van der Waals surface area contributed by atoms with Gasteiger partial charge in [-0.25, -0.2) is 0 Å². The van der Waals surface area contributed by atoms with E-state index in [4.69, 9.17) is 5.73 Å². The first-order valence-corrected chi connectivity index (χ1v) is 8.72. The van der Waals surface area contributed by atoms with E-state index in [1.165, 1.54) is 5.56 Å². The van der Waals surface area contributed by atoms with Crippen LogP contribution in [0.2, 0.25) is 0 Å². The molecule has 0 aromatic heterocycles. The first kappa shape index (κ1) is 15.9. The van der Waals surface area contributed by atoms with Gasteiger partial charge in [-0.15, -0.1) is 0 Å². The summed E-state index contributed by atoms with van der Waals surface area (Å²) in [5.74, 6) is 0.456. The smallest absolute Gasteiger partial charge is 0.0551 e. The van der Waals surface area contributed by atoms with Crippen LogP contribution in [0.25, 0.3) is 0 Å². The summed E-state index contributed by atoms with van der Waals surface area (Å²) in [6.45, 7) is 4.16. The molecule has 0 radical (unpaired) electrons. The molecule has 21 heavy (non-hydrogen) atoms. The van der Waals surface area contributed by atoms with Gasteiger partial charge in [-0.3, -0.25) is 4.21 Å². The lowest BCUT2D eigenvalue weighted by Crippen LogP contribution is -2.18. The summed E-state index contributed by atoms with van der Waals surface area (Å²) in [5.41, 5.74) is 9.65. The van der Waals surface area contributed by atoms with Gasteiger partial charge in [0.25, 0.3) is 0 Å². The molecule has 0 aliphatic rings. The molecule has 2 N–H and O–H groups in total. The van der Waals surface area contributed by atoms with Crippen molar-refractivity contribution in [3.63, 3.8) is 0 Å². The Morgan fingerprint density at radius 2 is 1.76 bits per heavy atom. The molecule has 0 bridgehead atoms. The number of benzene rings is 2. The van der Waals surface area contributed by atoms with Gasteiger partial charge in [0.1, 0.15) is 0 Å². The topological polar surface area (TPSA) is 43.1 Å². The molecular weight excluding hydrogens is 278 g/mol. The van der Waals surface area contributed by atoms with Crippen LogP contribution in [-0.2, 0) is 17.2 Å². The van der Waals surface area contributed by atoms with E-state index in [0.717, 1.165) is 28.9 Å². The second-order valence-electron chi connectivity index (χ2n) is 5.38. The third kappa shape index (κ3) is 4.26.